The number of hydrogen-bond donors (Lipinski definition) is 0. The molecule has 3 aromatic carbocycles. The van der Waals surface area contributed by atoms with Crippen molar-refractivity contribution in [3.8, 4) is 17.1 Å². The summed E-state index contributed by atoms with van der Waals surface area (Å²) in [7, 11) is 0. The maximum absolute atomic E-state index is 13.6. The fourth-order valence-electron chi connectivity index (χ4n) is 4.02. The van der Waals surface area contributed by atoms with Crippen molar-refractivity contribution in [2.45, 2.75) is 32.0 Å². The quantitative estimate of drug-likeness (QED) is 0.366. The van der Waals surface area contributed by atoms with Crippen LogP contribution in [-0.4, -0.2) is 20.9 Å². The topological polar surface area (TPSA) is 68.5 Å². The van der Waals surface area contributed by atoms with Gasteiger partial charge in [0.15, 0.2) is 0 Å². The summed E-state index contributed by atoms with van der Waals surface area (Å²) in [4.78, 5) is 18.5. The number of carbonyl (C=O) groups is 1. The minimum absolute atomic E-state index is 0.0589. The third-order valence-corrected chi connectivity index (χ3v) is 5.69. The number of amides is 1. The van der Waals surface area contributed by atoms with Crippen LogP contribution in [0.4, 0.5) is 8.78 Å². The van der Waals surface area contributed by atoms with E-state index in [1.165, 1.54) is 17.0 Å². The lowest BCUT2D eigenvalue weighted by Crippen LogP contribution is -2.27. The van der Waals surface area contributed by atoms with Gasteiger partial charge in [0, 0.05) is 24.6 Å². The van der Waals surface area contributed by atoms with Crippen LogP contribution in [0.2, 0.25) is 0 Å². The van der Waals surface area contributed by atoms with Crippen molar-refractivity contribution in [1.29, 1.82) is 0 Å². The molecule has 1 unspecified atom stereocenters. The first-order valence-corrected chi connectivity index (χ1v) is 10.9. The summed E-state index contributed by atoms with van der Waals surface area (Å²) in [6.07, 6.45) is 0.790. The number of nitrogens with zero attached hydrogens (tertiary/aromatic N) is 3. The summed E-state index contributed by atoms with van der Waals surface area (Å²) in [5.74, 6) is -0.104. The van der Waals surface area contributed by atoms with Gasteiger partial charge in [-0.1, -0.05) is 35.5 Å². The average Bonchev–Trinajstić information content (AvgIpc) is 3.45. The summed E-state index contributed by atoms with van der Waals surface area (Å²) in [5, 5.41) is 4.06. The zero-order chi connectivity index (χ0) is 23.5. The van der Waals surface area contributed by atoms with E-state index in [0.29, 0.717) is 42.5 Å². The van der Waals surface area contributed by atoms with Crippen LogP contribution >= 0.6 is 0 Å². The second kappa shape index (κ2) is 9.43. The largest absolute Gasteiger partial charge is 0.489 e. The zero-order valence-electron chi connectivity index (χ0n) is 18.2. The first-order chi connectivity index (χ1) is 16.5. The Kier molecular flexibility index (Phi) is 6.03. The molecule has 0 aliphatic carbocycles. The molecule has 4 aromatic rings. The molecule has 0 radical (unpaired) electrons. The van der Waals surface area contributed by atoms with Crippen molar-refractivity contribution in [2.24, 2.45) is 0 Å². The maximum Gasteiger partial charge on any atom is 0.249 e. The lowest BCUT2D eigenvalue weighted by Gasteiger charge is -2.22. The summed E-state index contributed by atoms with van der Waals surface area (Å²) in [5.41, 5.74) is 2.18. The minimum atomic E-state index is -0.686. The Morgan fingerprint density at radius 3 is 2.44 bits per heavy atom. The Bertz CT molecular complexity index is 1270. The molecule has 5 rings (SSSR count). The van der Waals surface area contributed by atoms with Gasteiger partial charge in [-0.2, -0.15) is 4.98 Å². The van der Waals surface area contributed by atoms with Gasteiger partial charge in [-0.05, 0) is 53.9 Å². The van der Waals surface area contributed by atoms with Gasteiger partial charge >= 0.3 is 0 Å². The van der Waals surface area contributed by atoms with Crippen LogP contribution in [0.15, 0.2) is 77.3 Å². The van der Waals surface area contributed by atoms with Gasteiger partial charge in [0.1, 0.15) is 30.0 Å². The highest BCUT2D eigenvalue weighted by molar-refractivity contribution is 5.78. The molecular weight excluding hydrogens is 440 g/mol. The molecule has 0 N–H and O–H groups in total. The van der Waals surface area contributed by atoms with Crippen molar-refractivity contribution in [3.63, 3.8) is 0 Å². The van der Waals surface area contributed by atoms with Crippen LogP contribution in [0.5, 0.6) is 5.75 Å². The third-order valence-electron chi connectivity index (χ3n) is 5.69. The lowest BCUT2D eigenvalue weighted by atomic mass is 10.1. The number of aromatic nitrogens is 2. The van der Waals surface area contributed by atoms with Crippen LogP contribution < -0.4 is 4.74 Å². The molecule has 1 saturated heterocycles. The number of benzene rings is 3. The van der Waals surface area contributed by atoms with Crippen LogP contribution in [0.1, 0.15) is 35.9 Å². The van der Waals surface area contributed by atoms with E-state index in [9.17, 15) is 13.6 Å². The van der Waals surface area contributed by atoms with Crippen molar-refractivity contribution in [2.75, 3.05) is 0 Å². The monoisotopic (exact) mass is 461 g/mol. The molecule has 6 nitrogen and oxygen atoms in total. The number of halogens is 2. The molecular formula is C26H21F2N3O3. The van der Waals surface area contributed by atoms with E-state index in [4.69, 9.17) is 9.26 Å². The fourth-order valence-corrected chi connectivity index (χ4v) is 4.02. The van der Waals surface area contributed by atoms with Gasteiger partial charge in [-0.25, -0.2) is 8.78 Å². The molecule has 8 heteroatoms. The Hall–Kier alpha value is -4.07. The first kappa shape index (κ1) is 21.8. The molecule has 1 aliphatic heterocycles. The summed E-state index contributed by atoms with van der Waals surface area (Å²) < 4.78 is 38.4. The van der Waals surface area contributed by atoms with Gasteiger partial charge < -0.3 is 14.2 Å². The molecule has 1 atom stereocenters. The van der Waals surface area contributed by atoms with E-state index in [1.807, 2.05) is 54.6 Å². The van der Waals surface area contributed by atoms with Crippen LogP contribution in [0, 0.1) is 11.6 Å². The molecule has 1 aromatic heterocycles. The molecule has 1 aliphatic rings. The number of carbonyl (C=O) groups excluding carboxylic acids is 1. The Morgan fingerprint density at radius 2 is 1.71 bits per heavy atom. The van der Waals surface area contributed by atoms with E-state index in [-0.39, 0.29) is 12.5 Å². The normalized spacial score (nSPS) is 15.6. The highest BCUT2D eigenvalue weighted by Crippen LogP contribution is 2.34. The molecule has 34 heavy (non-hydrogen) atoms. The molecule has 0 spiro atoms. The van der Waals surface area contributed by atoms with Gasteiger partial charge in [0.25, 0.3) is 0 Å². The summed E-state index contributed by atoms with van der Waals surface area (Å²) in [6, 6.07) is 20.0. The highest BCUT2D eigenvalue weighted by atomic mass is 19.1. The second-order valence-electron chi connectivity index (χ2n) is 8.11. The predicted octanol–water partition coefficient (Wildman–Crippen LogP) is 5.46. The van der Waals surface area contributed by atoms with Gasteiger partial charge in [-0.3, -0.25) is 4.79 Å². The van der Waals surface area contributed by atoms with Gasteiger partial charge in [0.2, 0.25) is 17.6 Å². The van der Waals surface area contributed by atoms with Crippen LogP contribution in [-0.2, 0) is 17.9 Å². The van der Waals surface area contributed by atoms with E-state index in [0.717, 1.165) is 17.2 Å². The van der Waals surface area contributed by atoms with Gasteiger partial charge in [0.05, 0.1) is 0 Å². The van der Waals surface area contributed by atoms with E-state index in [2.05, 4.69) is 10.1 Å². The van der Waals surface area contributed by atoms with Crippen molar-refractivity contribution >= 4 is 5.91 Å². The predicted molar refractivity (Wildman–Crippen MR) is 119 cm³/mol. The lowest BCUT2D eigenvalue weighted by molar-refractivity contribution is -0.130. The number of rotatable bonds is 7. The Labute approximate surface area is 194 Å². The summed E-state index contributed by atoms with van der Waals surface area (Å²) in [6.45, 7) is 0.524. The van der Waals surface area contributed by atoms with E-state index in [1.54, 1.807) is 0 Å². The molecule has 0 saturated carbocycles. The molecule has 172 valence electrons. The molecule has 1 fully saturated rings. The Balaban J connectivity index is 1.28. The number of likely N-dealkylation sites (tertiary alicyclic amines) is 1. The Morgan fingerprint density at radius 1 is 0.971 bits per heavy atom. The highest BCUT2D eigenvalue weighted by Gasteiger charge is 2.36. The molecule has 2 heterocycles. The van der Waals surface area contributed by atoms with E-state index < -0.39 is 17.7 Å². The van der Waals surface area contributed by atoms with Crippen LogP contribution in [0.25, 0.3) is 11.4 Å². The standard InChI is InChI=1S/C26H21F2N3O3/c27-20-12-18(13-21(28)14-20)15-31-23(10-11-24(31)32)26-29-25(30-34-26)19-6-8-22(9-7-19)33-16-17-4-2-1-3-5-17/h1-9,12-14,23H,10-11,15-16H2. The SMILES string of the molecule is O=C1CCC(c2nc(-c3ccc(OCc4ccccc4)cc3)no2)N1Cc1cc(F)cc(F)c1. The molecule has 1 amide bonds. The molecule has 0 bridgehead atoms. The third kappa shape index (κ3) is 4.80. The van der Waals surface area contributed by atoms with Gasteiger partial charge in [-0.15, -0.1) is 0 Å². The fraction of sp³-hybridized carbons (Fsp3) is 0.192. The van der Waals surface area contributed by atoms with Crippen molar-refractivity contribution < 1.29 is 22.8 Å². The van der Waals surface area contributed by atoms with Crippen molar-refractivity contribution in [3.05, 3.63) is 101 Å². The average molecular weight is 461 g/mol. The first-order valence-electron chi connectivity index (χ1n) is 10.9. The second-order valence-corrected chi connectivity index (χ2v) is 8.11. The van der Waals surface area contributed by atoms with Crippen molar-refractivity contribution in [1.82, 2.24) is 15.0 Å². The number of ether oxygens (including phenoxy) is 1. The smallest absolute Gasteiger partial charge is 0.249 e. The maximum atomic E-state index is 13.6. The minimum Gasteiger partial charge on any atom is -0.489 e. The summed E-state index contributed by atoms with van der Waals surface area (Å²) >= 11 is 0. The zero-order valence-corrected chi connectivity index (χ0v) is 18.2. The number of hydrogen-bond acceptors (Lipinski definition) is 5. The van der Waals surface area contributed by atoms with Crippen LogP contribution in [0.3, 0.4) is 0 Å². The van der Waals surface area contributed by atoms with E-state index >= 15 is 0 Å².